The quantitative estimate of drug-likeness (QED) is 0.767. The van der Waals surface area contributed by atoms with E-state index >= 15 is 0 Å². The second-order valence-corrected chi connectivity index (χ2v) is 6.54. The Hall–Kier alpha value is -1.05. The lowest BCUT2D eigenvalue weighted by molar-refractivity contribution is 0.330. The summed E-state index contributed by atoms with van der Waals surface area (Å²) in [5.41, 5.74) is 0.306. The molecule has 1 rings (SSSR count). The highest BCUT2D eigenvalue weighted by molar-refractivity contribution is 5.79. The fourth-order valence-electron chi connectivity index (χ4n) is 1.14. The van der Waals surface area contributed by atoms with Crippen LogP contribution in [0.3, 0.4) is 0 Å². The van der Waals surface area contributed by atoms with Crippen LogP contribution in [0, 0.1) is 12.3 Å². The van der Waals surface area contributed by atoms with Crippen LogP contribution in [0.15, 0.2) is 4.99 Å². The fraction of sp³-hybridized carbons (Fsp3) is 0.800. The molecule has 1 aliphatic heterocycles. The molecule has 0 fully saturated rings. The number of nitrogens with one attached hydrogen (secondary N) is 2. The van der Waals surface area contributed by atoms with Crippen molar-refractivity contribution in [2.45, 2.75) is 52.6 Å². The number of nitrogens with zero attached hydrogens (tertiary/aromatic N) is 1. The number of rotatable bonds is 3. The first-order valence-corrected chi connectivity index (χ1v) is 6.74. The van der Waals surface area contributed by atoms with Gasteiger partial charge in [-0.15, -0.1) is 6.42 Å². The maximum atomic E-state index is 5.24. The molecule has 4 heteroatoms. The van der Waals surface area contributed by atoms with Crippen molar-refractivity contribution >= 4 is 5.90 Å². The Morgan fingerprint density at radius 1 is 1.16 bits per heavy atom. The number of terminal acetylenes is 1. The minimum atomic E-state index is 0.147. The second-order valence-electron chi connectivity index (χ2n) is 6.54. The molecule has 110 valence electrons. The minimum absolute atomic E-state index is 0.147. The summed E-state index contributed by atoms with van der Waals surface area (Å²) in [5, 5.41) is 6.44. The molecule has 0 amide bonds. The van der Waals surface area contributed by atoms with Crippen molar-refractivity contribution in [2.24, 2.45) is 4.99 Å². The third kappa shape index (κ3) is 13.2. The molecule has 0 aromatic rings. The van der Waals surface area contributed by atoms with Gasteiger partial charge in [-0.05, 0) is 41.5 Å². The minimum Gasteiger partial charge on any atom is -0.478 e. The monoisotopic (exact) mass is 267 g/mol. The summed E-state index contributed by atoms with van der Waals surface area (Å²) in [7, 11) is 0. The molecule has 0 saturated carbocycles. The van der Waals surface area contributed by atoms with Gasteiger partial charge >= 0.3 is 0 Å². The number of hydrogen-bond acceptors (Lipinski definition) is 4. The first-order valence-electron chi connectivity index (χ1n) is 6.74. The summed E-state index contributed by atoms with van der Waals surface area (Å²) in [4.78, 5) is 4.17. The zero-order valence-corrected chi connectivity index (χ0v) is 13.3. The summed E-state index contributed by atoms with van der Waals surface area (Å²) in [6.07, 6.45) is 5.02. The van der Waals surface area contributed by atoms with Crippen molar-refractivity contribution in [1.82, 2.24) is 10.6 Å². The normalized spacial score (nSPS) is 14.9. The first kappa shape index (κ1) is 17.9. The van der Waals surface area contributed by atoms with Gasteiger partial charge in [0.1, 0.15) is 6.61 Å². The zero-order chi connectivity index (χ0) is 14.9. The van der Waals surface area contributed by atoms with Crippen molar-refractivity contribution in [2.75, 3.05) is 26.2 Å². The lowest BCUT2D eigenvalue weighted by atomic mass is 10.1. The molecule has 4 nitrogen and oxygen atoms in total. The van der Waals surface area contributed by atoms with E-state index in [1.165, 1.54) is 0 Å². The SMILES string of the molecule is C#CCNC(C)(C)C.CC(C)(C)NCC1=NCCO1. The Kier molecular flexibility index (Phi) is 7.73. The largest absolute Gasteiger partial charge is 0.478 e. The summed E-state index contributed by atoms with van der Waals surface area (Å²) < 4.78 is 5.24. The summed E-state index contributed by atoms with van der Waals surface area (Å²) in [6, 6.07) is 0. The predicted molar refractivity (Wildman–Crippen MR) is 82.6 cm³/mol. The van der Waals surface area contributed by atoms with E-state index in [1.807, 2.05) is 0 Å². The van der Waals surface area contributed by atoms with E-state index < -0.39 is 0 Å². The van der Waals surface area contributed by atoms with Gasteiger partial charge in [-0.25, -0.2) is 0 Å². The maximum absolute atomic E-state index is 5.24. The molecule has 0 unspecified atom stereocenters. The van der Waals surface area contributed by atoms with Crippen LogP contribution in [0.4, 0.5) is 0 Å². The molecule has 0 aromatic heterocycles. The fourth-order valence-corrected chi connectivity index (χ4v) is 1.14. The van der Waals surface area contributed by atoms with Crippen molar-refractivity contribution in [3.63, 3.8) is 0 Å². The van der Waals surface area contributed by atoms with Gasteiger partial charge < -0.3 is 15.4 Å². The highest BCUT2D eigenvalue weighted by atomic mass is 16.5. The molecule has 1 heterocycles. The molecule has 0 aromatic carbocycles. The van der Waals surface area contributed by atoms with Gasteiger partial charge in [-0.1, -0.05) is 5.92 Å². The number of hydrogen-bond donors (Lipinski definition) is 2. The van der Waals surface area contributed by atoms with Crippen LogP contribution < -0.4 is 10.6 Å². The third-order valence-corrected chi connectivity index (χ3v) is 2.14. The van der Waals surface area contributed by atoms with Gasteiger partial charge in [0.15, 0.2) is 5.90 Å². The van der Waals surface area contributed by atoms with E-state index in [2.05, 4.69) is 63.1 Å². The lowest BCUT2D eigenvalue weighted by Gasteiger charge is -2.19. The Bertz CT molecular complexity index is 316. The molecule has 0 atom stereocenters. The number of aliphatic imine (C=N–C) groups is 1. The van der Waals surface area contributed by atoms with E-state index in [-0.39, 0.29) is 11.1 Å². The number of ether oxygens (including phenoxy) is 1. The average molecular weight is 267 g/mol. The Morgan fingerprint density at radius 2 is 1.74 bits per heavy atom. The van der Waals surface area contributed by atoms with Crippen LogP contribution >= 0.6 is 0 Å². The molecular formula is C15H29N3O. The third-order valence-electron chi connectivity index (χ3n) is 2.14. The van der Waals surface area contributed by atoms with Crippen molar-refractivity contribution < 1.29 is 4.74 Å². The summed E-state index contributed by atoms with van der Waals surface area (Å²) in [5.74, 6) is 3.36. The average Bonchev–Trinajstić information content (AvgIpc) is 2.75. The molecule has 0 aliphatic carbocycles. The van der Waals surface area contributed by atoms with Crippen LogP contribution in [0.2, 0.25) is 0 Å². The van der Waals surface area contributed by atoms with E-state index in [0.29, 0.717) is 6.54 Å². The molecule has 0 radical (unpaired) electrons. The van der Waals surface area contributed by atoms with Crippen LogP contribution in [0.5, 0.6) is 0 Å². The van der Waals surface area contributed by atoms with Crippen molar-refractivity contribution in [3.05, 3.63) is 0 Å². The highest BCUT2D eigenvalue weighted by Gasteiger charge is 2.12. The Morgan fingerprint density at radius 3 is 2.05 bits per heavy atom. The summed E-state index contributed by atoms with van der Waals surface area (Å²) in [6.45, 7) is 15.6. The van der Waals surface area contributed by atoms with Crippen LogP contribution in [-0.4, -0.2) is 43.2 Å². The van der Waals surface area contributed by atoms with Gasteiger partial charge in [0.05, 0.1) is 19.6 Å². The Balaban J connectivity index is 0.000000362. The van der Waals surface area contributed by atoms with E-state index in [4.69, 9.17) is 11.2 Å². The zero-order valence-electron chi connectivity index (χ0n) is 13.3. The van der Waals surface area contributed by atoms with Crippen LogP contribution in [0.1, 0.15) is 41.5 Å². The molecule has 0 saturated heterocycles. The smallest absolute Gasteiger partial charge is 0.197 e. The second kappa shape index (κ2) is 8.19. The van der Waals surface area contributed by atoms with E-state index in [1.54, 1.807) is 0 Å². The van der Waals surface area contributed by atoms with Crippen molar-refractivity contribution in [3.8, 4) is 12.3 Å². The predicted octanol–water partition coefficient (Wildman–Crippen LogP) is 1.81. The van der Waals surface area contributed by atoms with Gasteiger partial charge in [-0.3, -0.25) is 4.99 Å². The Labute approximate surface area is 118 Å². The van der Waals surface area contributed by atoms with Gasteiger partial charge in [-0.2, -0.15) is 0 Å². The maximum Gasteiger partial charge on any atom is 0.197 e. The van der Waals surface area contributed by atoms with Crippen LogP contribution in [-0.2, 0) is 4.74 Å². The van der Waals surface area contributed by atoms with E-state index in [0.717, 1.165) is 25.6 Å². The molecule has 1 aliphatic rings. The first-order chi connectivity index (χ1) is 8.64. The summed E-state index contributed by atoms with van der Waals surface area (Å²) >= 11 is 0. The standard InChI is InChI=1S/C8H16N2O.C7H13N/c1-8(2,3)10-6-7-9-4-5-11-7;1-5-6-8-7(2,3)4/h10H,4-6H2,1-3H3;1,8H,6H2,2-4H3. The van der Waals surface area contributed by atoms with Crippen LogP contribution in [0.25, 0.3) is 0 Å². The highest BCUT2D eigenvalue weighted by Crippen LogP contribution is 1.99. The van der Waals surface area contributed by atoms with Gasteiger partial charge in [0.2, 0.25) is 0 Å². The molecule has 0 spiro atoms. The van der Waals surface area contributed by atoms with E-state index in [9.17, 15) is 0 Å². The van der Waals surface area contributed by atoms with Gasteiger partial charge in [0.25, 0.3) is 0 Å². The lowest BCUT2D eigenvalue weighted by Crippen LogP contribution is -2.39. The van der Waals surface area contributed by atoms with Gasteiger partial charge in [0, 0.05) is 11.1 Å². The topological polar surface area (TPSA) is 45.7 Å². The molecular weight excluding hydrogens is 238 g/mol. The molecule has 19 heavy (non-hydrogen) atoms. The molecule has 0 bridgehead atoms. The van der Waals surface area contributed by atoms with Crippen molar-refractivity contribution in [1.29, 1.82) is 0 Å². The molecule has 2 N–H and O–H groups in total.